The van der Waals surface area contributed by atoms with Crippen LogP contribution in [0.3, 0.4) is 0 Å². The summed E-state index contributed by atoms with van der Waals surface area (Å²) in [5, 5.41) is 0.354. The summed E-state index contributed by atoms with van der Waals surface area (Å²) in [4.78, 5) is 8.35. The van der Waals surface area contributed by atoms with Crippen LogP contribution in [0.2, 0.25) is 5.15 Å². The Balaban J connectivity index is 2.64. The third-order valence-corrected chi connectivity index (χ3v) is 3.36. The van der Waals surface area contributed by atoms with Crippen LogP contribution in [0.5, 0.6) is 0 Å². The van der Waals surface area contributed by atoms with Gasteiger partial charge in [0.15, 0.2) is 5.82 Å². The molecule has 5 heteroatoms. The molecule has 2 rings (SSSR count). The van der Waals surface area contributed by atoms with Crippen LogP contribution in [0.1, 0.15) is 11.3 Å². The molecule has 0 radical (unpaired) electrons. The first kappa shape index (κ1) is 12.5. The lowest BCUT2D eigenvalue weighted by molar-refractivity contribution is 0.629. The first-order valence-corrected chi connectivity index (χ1v) is 6.12. The highest BCUT2D eigenvalue weighted by molar-refractivity contribution is 9.10. The van der Waals surface area contributed by atoms with Gasteiger partial charge in [0.2, 0.25) is 0 Å². The van der Waals surface area contributed by atoms with Crippen molar-refractivity contribution in [3.05, 3.63) is 44.9 Å². The summed E-state index contributed by atoms with van der Waals surface area (Å²) in [6.45, 7) is 3.65. The number of hydrogen-bond donors (Lipinski definition) is 0. The van der Waals surface area contributed by atoms with Crippen LogP contribution < -0.4 is 0 Å². The molecule has 2 aromatic rings. The Hall–Kier alpha value is -1.00. The van der Waals surface area contributed by atoms with Crippen LogP contribution in [0.4, 0.5) is 4.39 Å². The second-order valence-corrected chi connectivity index (χ2v) is 4.95. The number of halogens is 3. The van der Waals surface area contributed by atoms with Crippen molar-refractivity contribution in [3.63, 3.8) is 0 Å². The molecule has 0 atom stereocenters. The topological polar surface area (TPSA) is 25.8 Å². The Labute approximate surface area is 112 Å². The van der Waals surface area contributed by atoms with Crippen molar-refractivity contribution >= 4 is 27.5 Å². The molecule has 1 aromatic carbocycles. The Morgan fingerprint density at radius 1 is 1.24 bits per heavy atom. The maximum absolute atomic E-state index is 13.7. The number of hydrogen-bond acceptors (Lipinski definition) is 2. The minimum atomic E-state index is -0.368. The molecule has 1 aromatic heterocycles. The van der Waals surface area contributed by atoms with E-state index in [1.54, 1.807) is 12.1 Å². The van der Waals surface area contributed by atoms with Gasteiger partial charge in [0, 0.05) is 15.7 Å². The highest BCUT2D eigenvalue weighted by Crippen LogP contribution is 2.26. The number of aryl methyl sites for hydroxylation is 1. The molecule has 0 aliphatic carbocycles. The normalized spacial score (nSPS) is 10.6. The average Bonchev–Trinajstić information content (AvgIpc) is 2.28. The van der Waals surface area contributed by atoms with Crippen molar-refractivity contribution in [2.75, 3.05) is 0 Å². The molecule has 0 saturated heterocycles. The molecule has 17 heavy (non-hydrogen) atoms. The molecule has 0 N–H and O–H groups in total. The monoisotopic (exact) mass is 314 g/mol. The van der Waals surface area contributed by atoms with Gasteiger partial charge in [-0.2, -0.15) is 0 Å². The van der Waals surface area contributed by atoms with Gasteiger partial charge in [-0.25, -0.2) is 14.4 Å². The SMILES string of the molecule is Cc1nc(-c2cc(Br)ccc2F)nc(Cl)c1C. The molecule has 0 spiro atoms. The highest BCUT2D eigenvalue weighted by Gasteiger charge is 2.12. The van der Waals surface area contributed by atoms with E-state index in [1.807, 2.05) is 13.8 Å². The molecule has 0 amide bonds. The third kappa shape index (κ3) is 2.48. The first-order valence-electron chi connectivity index (χ1n) is 4.95. The maximum atomic E-state index is 13.7. The van der Waals surface area contributed by atoms with Crippen LogP contribution in [0.25, 0.3) is 11.4 Å². The van der Waals surface area contributed by atoms with Crippen LogP contribution in [0, 0.1) is 19.7 Å². The molecule has 2 nitrogen and oxygen atoms in total. The molecular formula is C12H9BrClFN2. The summed E-state index contributed by atoms with van der Waals surface area (Å²) in [5.41, 5.74) is 1.90. The van der Waals surface area contributed by atoms with Crippen molar-refractivity contribution in [1.29, 1.82) is 0 Å². The van der Waals surface area contributed by atoms with Gasteiger partial charge >= 0.3 is 0 Å². The highest BCUT2D eigenvalue weighted by atomic mass is 79.9. The van der Waals surface area contributed by atoms with Gasteiger partial charge in [-0.3, -0.25) is 0 Å². The van der Waals surface area contributed by atoms with Gasteiger partial charge in [0.05, 0.1) is 5.56 Å². The predicted molar refractivity (Wildman–Crippen MR) is 69.6 cm³/mol. The van der Waals surface area contributed by atoms with Gasteiger partial charge in [0.25, 0.3) is 0 Å². The Kier molecular flexibility index (Phi) is 3.45. The van der Waals surface area contributed by atoms with Gasteiger partial charge in [-0.05, 0) is 32.0 Å². The molecule has 0 aliphatic rings. The number of aromatic nitrogens is 2. The summed E-state index contributed by atoms with van der Waals surface area (Å²) in [6, 6.07) is 4.63. The van der Waals surface area contributed by atoms with Gasteiger partial charge in [-0.15, -0.1) is 0 Å². The van der Waals surface area contributed by atoms with E-state index in [0.717, 1.165) is 15.7 Å². The summed E-state index contributed by atoms with van der Waals surface area (Å²) in [5.74, 6) is -0.0654. The van der Waals surface area contributed by atoms with Crippen LogP contribution >= 0.6 is 27.5 Å². The lowest BCUT2D eigenvalue weighted by Gasteiger charge is -2.07. The number of benzene rings is 1. The molecule has 88 valence electrons. The Morgan fingerprint density at radius 2 is 1.94 bits per heavy atom. The van der Waals surface area contributed by atoms with E-state index >= 15 is 0 Å². The third-order valence-electron chi connectivity index (χ3n) is 2.50. The van der Waals surface area contributed by atoms with E-state index in [-0.39, 0.29) is 5.82 Å². The zero-order chi connectivity index (χ0) is 12.6. The van der Waals surface area contributed by atoms with Crippen LogP contribution in [-0.2, 0) is 0 Å². The Bertz CT molecular complexity index is 564. The zero-order valence-electron chi connectivity index (χ0n) is 9.26. The van der Waals surface area contributed by atoms with Crippen LogP contribution in [0.15, 0.2) is 22.7 Å². The molecule has 0 saturated carbocycles. The molecule has 0 bridgehead atoms. The van der Waals surface area contributed by atoms with E-state index in [4.69, 9.17) is 11.6 Å². The predicted octanol–water partition coefficient (Wildman–Crippen LogP) is 4.32. The van der Waals surface area contributed by atoms with E-state index in [9.17, 15) is 4.39 Å². The summed E-state index contributed by atoms with van der Waals surface area (Å²) in [7, 11) is 0. The molecule has 0 aliphatic heterocycles. The maximum Gasteiger partial charge on any atom is 0.164 e. The fraction of sp³-hybridized carbons (Fsp3) is 0.167. The van der Waals surface area contributed by atoms with Gasteiger partial charge in [0.1, 0.15) is 11.0 Å². The lowest BCUT2D eigenvalue weighted by Crippen LogP contribution is -1.98. The van der Waals surface area contributed by atoms with E-state index in [1.165, 1.54) is 6.07 Å². The number of rotatable bonds is 1. The molecule has 0 fully saturated rings. The Morgan fingerprint density at radius 3 is 2.59 bits per heavy atom. The second kappa shape index (κ2) is 4.70. The summed E-state index contributed by atoms with van der Waals surface area (Å²) in [6.07, 6.45) is 0. The summed E-state index contributed by atoms with van der Waals surface area (Å²) >= 11 is 9.27. The van der Waals surface area contributed by atoms with Crippen molar-refractivity contribution in [3.8, 4) is 11.4 Å². The average molecular weight is 316 g/mol. The first-order chi connectivity index (χ1) is 7.99. The van der Waals surface area contributed by atoms with E-state index < -0.39 is 0 Å². The van der Waals surface area contributed by atoms with E-state index in [0.29, 0.717) is 16.5 Å². The van der Waals surface area contributed by atoms with Crippen LogP contribution in [-0.4, -0.2) is 9.97 Å². The van der Waals surface area contributed by atoms with Crippen molar-refractivity contribution in [2.24, 2.45) is 0 Å². The minimum Gasteiger partial charge on any atom is -0.233 e. The zero-order valence-corrected chi connectivity index (χ0v) is 11.6. The standard InChI is InChI=1S/C12H9BrClFN2/c1-6-7(2)16-12(17-11(6)14)9-5-8(13)3-4-10(9)15/h3-5H,1-2H3. The largest absolute Gasteiger partial charge is 0.233 e. The smallest absolute Gasteiger partial charge is 0.164 e. The summed E-state index contributed by atoms with van der Waals surface area (Å²) < 4.78 is 14.4. The lowest BCUT2D eigenvalue weighted by atomic mass is 10.2. The number of nitrogens with zero attached hydrogens (tertiary/aromatic N) is 2. The van der Waals surface area contributed by atoms with Gasteiger partial charge in [-0.1, -0.05) is 27.5 Å². The quantitative estimate of drug-likeness (QED) is 0.733. The molecular weight excluding hydrogens is 307 g/mol. The van der Waals surface area contributed by atoms with Crippen molar-refractivity contribution in [1.82, 2.24) is 9.97 Å². The molecule has 1 heterocycles. The van der Waals surface area contributed by atoms with E-state index in [2.05, 4.69) is 25.9 Å². The fourth-order valence-electron chi connectivity index (χ4n) is 1.38. The molecule has 0 unspecified atom stereocenters. The second-order valence-electron chi connectivity index (χ2n) is 3.67. The minimum absolute atomic E-state index is 0.303. The van der Waals surface area contributed by atoms with Crippen molar-refractivity contribution < 1.29 is 4.39 Å². The van der Waals surface area contributed by atoms with Crippen molar-refractivity contribution in [2.45, 2.75) is 13.8 Å². The van der Waals surface area contributed by atoms with Gasteiger partial charge < -0.3 is 0 Å². The fourth-order valence-corrected chi connectivity index (χ4v) is 1.96.